The molecule has 0 aliphatic rings. The van der Waals surface area contributed by atoms with E-state index in [1.165, 1.54) is 0 Å². The van der Waals surface area contributed by atoms with Gasteiger partial charge in [0.2, 0.25) is 0 Å². The van der Waals surface area contributed by atoms with Crippen LogP contribution in [-0.4, -0.2) is 26.4 Å². The van der Waals surface area contributed by atoms with Crippen LogP contribution in [-0.2, 0) is 82.7 Å². The normalized spacial score (nSPS) is 12.4. The Morgan fingerprint density at radius 1 is 0.556 bits per heavy atom. The molecule has 0 saturated carbocycles. The molecule has 11 heteroatoms. The summed E-state index contributed by atoms with van der Waals surface area (Å²) in [7, 11) is 0. The summed E-state index contributed by atoms with van der Waals surface area (Å²) in [4.78, 5) is 0. The topological polar surface area (TPSA) is 36.9 Å². The van der Waals surface area contributed by atoms with Gasteiger partial charge in [0.15, 0.2) is 0 Å². The van der Waals surface area contributed by atoms with Crippen molar-refractivity contribution in [1.82, 2.24) is 0 Å². The number of hydrogen-bond donors (Lipinski definition) is 0. The molecule has 0 spiro atoms. The molecule has 0 aliphatic carbocycles. The van der Waals surface area contributed by atoms with Gasteiger partial charge in [-0.15, -0.1) is 0 Å². The van der Waals surface area contributed by atoms with Crippen molar-refractivity contribution in [2.75, 3.05) is 26.4 Å². The maximum Gasteiger partial charge on any atom is 2.00 e. The molecule has 0 bridgehead atoms. The molecule has 0 saturated heterocycles. The van der Waals surface area contributed by atoms with Gasteiger partial charge in [0.25, 0.3) is 0 Å². The zero-order valence-corrected chi connectivity index (χ0v) is 23.7. The Morgan fingerprint density at radius 3 is 0.815 bits per heavy atom. The molecule has 27 heavy (non-hydrogen) atoms. The number of hydrogen-bond acceptors (Lipinski definition) is 8. The standard InChI is InChI=1S/2C8H19O2PS2.Ni/c2*1-7(2)5-9-11(12,13)10-6-8(3)4;/h2*7-8H,5-6H2,1-4H3,(H,12,13);/q;;+2/p-2. The SMILES string of the molecule is CC(C)COP(=S)([S-])OCC(C)C.CC(C)COP(=S)([S-])OCC(C)C.[Ni+2]. The van der Waals surface area contributed by atoms with Crippen LogP contribution in [0.25, 0.3) is 0 Å². The molecule has 0 amide bonds. The Kier molecular flexibility index (Phi) is 22.6. The molecule has 0 aromatic rings. The van der Waals surface area contributed by atoms with E-state index >= 15 is 0 Å². The Labute approximate surface area is 198 Å². The van der Waals surface area contributed by atoms with Crippen LogP contribution in [0.4, 0.5) is 0 Å². The smallest absolute Gasteiger partial charge is 0.691 e. The van der Waals surface area contributed by atoms with E-state index < -0.39 is 11.4 Å². The molecule has 0 rings (SSSR count). The molecule has 0 heterocycles. The minimum atomic E-state index is -2.38. The zero-order valence-electron chi connectivity index (χ0n) is 17.6. The zero-order chi connectivity index (χ0) is 21.0. The van der Waals surface area contributed by atoms with Gasteiger partial charge in [-0.3, -0.25) is 0 Å². The Hall–Kier alpha value is 2.33. The van der Waals surface area contributed by atoms with Crippen molar-refractivity contribution >= 4 is 59.5 Å². The van der Waals surface area contributed by atoms with Crippen molar-refractivity contribution in [3.63, 3.8) is 0 Å². The van der Waals surface area contributed by atoms with Gasteiger partial charge in [-0.05, 0) is 23.7 Å². The second-order valence-corrected chi connectivity index (χ2v) is 17.6. The first-order valence-electron chi connectivity index (χ1n) is 8.87. The maximum absolute atomic E-state index is 5.36. The minimum Gasteiger partial charge on any atom is -0.691 e. The average molecular weight is 541 g/mol. The first-order valence-corrected chi connectivity index (χ1v) is 16.2. The fourth-order valence-corrected chi connectivity index (χ4v) is 4.57. The summed E-state index contributed by atoms with van der Waals surface area (Å²) < 4.78 is 21.4. The van der Waals surface area contributed by atoms with Crippen molar-refractivity contribution in [2.24, 2.45) is 23.7 Å². The van der Waals surface area contributed by atoms with Gasteiger partial charge in [0.05, 0.1) is 37.8 Å². The maximum atomic E-state index is 5.36. The second kappa shape index (κ2) is 18.0. The number of rotatable bonds is 12. The van der Waals surface area contributed by atoms with Gasteiger partial charge in [0.1, 0.15) is 0 Å². The Balaban J connectivity index is -0.000000411. The van der Waals surface area contributed by atoms with Crippen LogP contribution >= 0.6 is 11.4 Å². The van der Waals surface area contributed by atoms with Crippen LogP contribution in [0.3, 0.4) is 0 Å². The molecular weight excluding hydrogens is 505 g/mol. The molecule has 0 aromatic heterocycles. The van der Waals surface area contributed by atoms with E-state index in [2.05, 4.69) is 55.4 Å². The van der Waals surface area contributed by atoms with Crippen LogP contribution in [0.2, 0.25) is 0 Å². The molecule has 0 radical (unpaired) electrons. The van der Waals surface area contributed by atoms with E-state index in [4.69, 9.17) is 66.2 Å². The molecule has 0 aromatic carbocycles. The third-order valence-corrected chi connectivity index (χ3v) is 6.65. The third kappa shape index (κ3) is 28.3. The van der Waals surface area contributed by atoms with Crippen LogP contribution in [0, 0.1) is 23.7 Å². The van der Waals surface area contributed by atoms with E-state index in [9.17, 15) is 0 Å². The summed E-state index contributed by atoms with van der Waals surface area (Å²) in [6, 6.07) is 0. The van der Waals surface area contributed by atoms with Gasteiger partial charge >= 0.3 is 16.5 Å². The van der Waals surface area contributed by atoms with Gasteiger partial charge in [-0.25, -0.2) is 0 Å². The minimum absolute atomic E-state index is 0. The van der Waals surface area contributed by atoms with Crippen molar-refractivity contribution in [1.29, 1.82) is 0 Å². The monoisotopic (exact) mass is 540 g/mol. The van der Waals surface area contributed by atoms with Crippen LogP contribution < -0.4 is 0 Å². The average Bonchev–Trinajstić information content (AvgIpc) is 2.48. The molecule has 0 fully saturated rings. The first-order chi connectivity index (χ1) is 11.7. The molecule has 168 valence electrons. The summed E-state index contributed by atoms with van der Waals surface area (Å²) in [5, 5.41) is 0. The molecule has 0 unspecified atom stereocenters. The molecule has 4 nitrogen and oxygen atoms in total. The quantitative estimate of drug-likeness (QED) is 0.164. The summed E-state index contributed by atoms with van der Waals surface area (Å²) in [5.74, 6) is 1.81. The van der Waals surface area contributed by atoms with E-state index in [0.29, 0.717) is 50.1 Å². The third-order valence-electron chi connectivity index (χ3n) is 2.26. The molecular formula is C16H36NiO4P2S4. The van der Waals surface area contributed by atoms with Crippen molar-refractivity contribution in [3.8, 4) is 0 Å². The van der Waals surface area contributed by atoms with Gasteiger partial charge < -0.3 is 42.6 Å². The van der Waals surface area contributed by atoms with Gasteiger partial charge in [-0.1, -0.05) is 79.0 Å². The predicted molar refractivity (Wildman–Crippen MR) is 126 cm³/mol. The summed E-state index contributed by atoms with van der Waals surface area (Å²) in [6.07, 6.45) is 0. The Morgan fingerprint density at radius 2 is 0.704 bits per heavy atom. The fourth-order valence-electron chi connectivity index (χ4n) is 1.04. The molecule has 0 N–H and O–H groups in total. The van der Waals surface area contributed by atoms with Crippen molar-refractivity contribution in [3.05, 3.63) is 0 Å². The summed E-state index contributed by atoms with van der Waals surface area (Å²) in [6.45, 7) is 18.9. The van der Waals surface area contributed by atoms with Crippen LogP contribution in [0.5, 0.6) is 0 Å². The first kappa shape index (κ1) is 34.0. The van der Waals surface area contributed by atoms with Crippen LogP contribution in [0.15, 0.2) is 0 Å². The van der Waals surface area contributed by atoms with E-state index in [0.717, 1.165) is 0 Å². The van der Waals surface area contributed by atoms with Crippen LogP contribution in [0.1, 0.15) is 55.4 Å². The Bertz CT molecular complexity index is 380. The summed E-state index contributed by atoms with van der Waals surface area (Å²) >= 11 is 20.2. The fraction of sp³-hybridized carbons (Fsp3) is 1.00. The van der Waals surface area contributed by atoms with E-state index in [1.807, 2.05) is 0 Å². The predicted octanol–water partition coefficient (Wildman–Crippen LogP) is 6.20. The second-order valence-electron chi connectivity index (χ2n) is 7.65. The van der Waals surface area contributed by atoms with Crippen molar-refractivity contribution < 1.29 is 34.6 Å². The van der Waals surface area contributed by atoms with Gasteiger partial charge in [-0.2, -0.15) is 0 Å². The van der Waals surface area contributed by atoms with Gasteiger partial charge in [0, 0.05) is 0 Å². The van der Waals surface area contributed by atoms with E-state index in [-0.39, 0.29) is 16.5 Å². The molecule has 0 atom stereocenters. The van der Waals surface area contributed by atoms with Crippen molar-refractivity contribution in [2.45, 2.75) is 55.4 Å². The molecule has 0 aliphatic heterocycles. The summed E-state index contributed by atoms with van der Waals surface area (Å²) in [5.41, 5.74) is -4.77. The van der Waals surface area contributed by atoms with E-state index in [1.54, 1.807) is 0 Å². The largest absolute Gasteiger partial charge is 2.00 e.